The standard InChI is InChI=1S/C14H24N2O/c1-4-16(12(2)11-17-3)10-14-7-5-13(9-15)6-8-14/h5-8,12H,4,9-11,15H2,1-3H3. The normalized spacial score (nSPS) is 13.0. The van der Waals surface area contributed by atoms with E-state index in [1.807, 2.05) is 0 Å². The van der Waals surface area contributed by atoms with Crippen LogP contribution < -0.4 is 5.73 Å². The minimum absolute atomic E-state index is 0.444. The van der Waals surface area contributed by atoms with E-state index in [0.717, 1.165) is 19.7 Å². The van der Waals surface area contributed by atoms with Crippen LogP contribution in [0, 0.1) is 0 Å². The van der Waals surface area contributed by atoms with Crippen molar-refractivity contribution in [3.63, 3.8) is 0 Å². The molecule has 0 aliphatic rings. The smallest absolute Gasteiger partial charge is 0.0615 e. The number of rotatable bonds is 7. The highest BCUT2D eigenvalue weighted by atomic mass is 16.5. The topological polar surface area (TPSA) is 38.5 Å². The van der Waals surface area contributed by atoms with Gasteiger partial charge in [0.15, 0.2) is 0 Å². The summed E-state index contributed by atoms with van der Waals surface area (Å²) in [4.78, 5) is 2.40. The van der Waals surface area contributed by atoms with Crippen molar-refractivity contribution in [3.8, 4) is 0 Å². The second-order valence-electron chi connectivity index (χ2n) is 4.39. The third kappa shape index (κ3) is 4.46. The van der Waals surface area contributed by atoms with Gasteiger partial charge < -0.3 is 10.5 Å². The van der Waals surface area contributed by atoms with Crippen LogP contribution in [0.15, 0.2) is 24.3 Å². The SMILES string of the molecule is CCN(Cc1ccc(CN)cc1)C(C)COC. The molecule has 0 aromatic heterocycles. The first-order valence-electron chi connectivity index (χ1n) is 6.22. The molecular weight excluding hydrogens is 212 g/mol. The van der Waals surface area contributed by atoms with Crippen molar-refractivity contribution in [3.05, 3.63) is 35.4 Å². The summed E-state index contributed by atoms with van der Waals surface area (Å²) < 4.78 is 5.20. The van der Waals surface area contributed by atoms with Crippen LogP contribution in [0.5, 0.6) is 0 Å². The van der Waals surface area contributed by atoms with Crippen molar-refractivity contribution in [2.45, 2.75) is 33.0 Å². The zero-order valence-corrected chi connectivity index (χ0v) is 11.1. The average molecular weight is 236 g/mol. The first kappa shape index (κ1) is 14.2. The molecule has 0 bridgehead atoms. The molecule has 3 nitrogen and oxygen atoms in total. The molecule has 96 valence electrons. The molecule has 1 atom stereocenters. The maximum atomic E-state index is 5.59. The van der Waals surface area contributed by atoms with Crippen molar-refractivity contribution >= 4 is 0 Å². The van der Waals surface area contributed by atoms with Gasteiger partial charge in [0, 0.05) is 26.2 Å². The number of methoxy groups -OCH3 is 1. The Kier molecular flexibility index (Phi) is 6.19. The lowest BCUT2D eigenvalue weighted by atomic mass is 10.1. The Morgan fingerprint density at radius 2 is 1.82 bits per heavy atom. The van der Waals surface area contributed by atoms with Gasteiger partial charge >= 0.3 is 0 Å². The van der Waals surface area contributed by atoms with Crippen molar-refractivity contribution in [1.82, 2.24) is 4.90 Å². The lowest BCUT2D eigenvalue weighted by Gasteiger charge is -2.27. The number of likely N-dealkylation sites (N-methyl/N-ethyl adjacent to an activating group) is 1. The molecule has 0 aliphatic carbocycles. The van der Waals surface area contributed by atoms with E-state index >= 15 is 0 Å². The molecule has 0 saturated carbocycles. The third-order valence-corrected chi connectivity index (χ3v) is 3.08. The molecule has 0 aliphatic heterocycles. The number of hydrogen-bond acceptors (Lipinski definition) is 3. The maximum Gasteiger partial charge on any atom is 0.0615 e. The number of ether oxygens (including phenoxy) is 1. The zero-order chi connectivity index (χ0) is 12.7. The van der Waals surface area contributed by atoms with Gasteiger partial charge in [-0.05, 0) is 24.6 Å². The van der Waals surface area contributed by atoms with E-state index in [2.05, 4.69) is 43.0 Å². The van der Waals surface area contributed by atoms with E-state index < -0.39 is 0 Å². The summed E-state index contributed by atoms with van der Waals surface area (Å²) in [5.74, 6) is 0. The van der Waals surface area contributed by atoms with E-state index in [1.54, 1.807) is 7.11 Å². The van der Waals surface area contributed by atoms with Gasteiger partial charge in [0.05, 0.1) is 6.61 Å². The van der Waals surface area contributed by atoms with Gasteiger partial charge in [-0.25, -0.2) is 0 Å². The number of nitrogens with zero attached hydrogens (tertiary/aromatic N) is 1. The molecule has 0 amide bonds. The summed E-state index contributed by atoms with van der Waals surface area (Å²) in [5.41, 5.74) is 8.10. The fraction of sp³-hybridized carbons (Fsp3) is 0.571. The maximum absolute atomic E-state index is 5.59. The van der Waals surface area contributed by atoms with E-state index in [0.29, 0.717) is 12.6 Å². The summed E-state index contributed by atoms with van der Waals surface area (Å²) in [7, 11) is 1.75. The molecular formula is C14H24N2O. The first-order chi connectivity index (χ1) is 8.21. The van der Waals surface area contributed by atoms with Crippen LogP contribution in [-0.4, -0.2) is 31.2 Å². The molecule has 0 heterocycles. The average Bonchev–Trinajstić information content (AvgIpc) is 2.37. The van der Waals surface area contributed by atoms with Gasteiger partial charge in [0.1, 0.15) is 0 Å². The molecule has 1 aromatic carbocycles. The van der Waals surface area contributed by atoms with Crippen molar-refractivity contribution in [1.29, 1.82) is 0 Å². The van der Waals surface area contributed by atoms with Crippen LogP contribution in [0.3, 0.4) is 0 Å². The predicted octanol–water partition coefficient (Wildman–Crippen LogP) is 2.00. The summed E-state index contributed by atoms with van der Waals surface area (Å²) in [5, 5.41) is 0. The molecule has 0 radical (unpaired) electrons. The molecule has 1 rings (SSSR count). The van der Waals surface area contributed by atoms with Crippen LogP contribution in [0.25, 0.3) is 0 Å². The second kappa shape index (κ2) is 7.43. The van der Waals surface area contributed by atoms with Crippen molar-refractivity contribution in [2.75, 3.05) is 20.3 Å². The van der Waals surface area contributed by atoms with E-state index in [-0.39, 0.29) is 0 Å². The predicted molar refractivity (Wildman–Crippen MR) is 71.8 cm³/mol. The van der Waals surface area contributed by atoms with E-state index in [1.165, 1.54) is 11.1 Å². The molecule has 1 unspecified atom stereocenters. The molecule has 3 heteroatoms. The van der Waals surface area contributed by atoms with Gasteiger partial charge in [0.25, 0.3) is 0 Å². The molecule has 1 aromatic rings. The Hall–Kier alpha value is -0.900. The zero-order valence-electron chi connectivity index (χ0n) is 11.1. The molecule has 2 N–H and O–H groups in total. The molecule has 0 fully saturated rings. The highest BCUT2D eigenvalue weighted by molar-refractivity contribution is 5.22. The van der Waals surface area contributed by atoms with Crippen molar-refractivity contribution < 1.29 is 4.74 Å². The summed E-state index contributed by atoms with van der Waals surface area (Å²) in [6.07, 6.45) is 0. The lowest BCUT2D eigenvalue weighted by molar-refractivity contribution is 0.0982. The number of benzene rings is 1. The van der Waals surface area contributed by atoms with E-state index in [4.69, 9.17) is 10.5 Å². The van der Waals surface area contributed by atoms with Crippen LogP contribution in [0.4, 0.5) is 0 Å². The Bertz CT molecular complexity index is 311. The Morgan fingerprint density at radius 3 is 2.29 bits per heavy atom. The Morgan fingerprint density at radius 1 is 1.24 bits per heavy atom. The van der Waals surface area contributed by atoms with Crippen LogP contribution >= 0.6 is 0 Å². The van der Waals surface area contributed by atoms with Crippen LogP contribution in [0.1, 0.15) is 25.0 Å². The molecule has 0 spiro atoms. The second-order valence-corrected chi connectivity index (χ2v) is 4.39. The fourth-order valence-electron chi connectivity index (χ4n) is 1.94. The van der Waals surface area contributed by atoms with Crippen molar-refractivity contribution in [2.24, 2.45) is 5.73 Å². The van der Waals surface area contributed by atoms with Crippen LogP contribution in [-0.2, 0) is 17.8 Å². The van der Waals surface area contributed by atoms with Gasteiger partial charge in [-0.15, -0.1) is 0 Å². The van der Waals surface area contributed by atoms with Gasteiger partial charge in [0.2, 0.25) is 0 Å². The molecule has 17 heavy (non-hydrogen) atoms. The van der Waals surface area contributed by atoms with Crippen LogP contribution in [0.2, 0.25) is 0 Å². The van der Waals surface area contributed by atoms with E-state index in [9.17, 15) is 0 Å². The minimum Gasteiger partial charge on any atom is -0.383 e. The van der Waals surface area contributed by atoms with Gasteiger partial charge in [-0.2, -0.15) is 0 Å². The fourth-order valence-corrected chi connectivity index (χ4v) is 1.94. The number of hydrogen-bond donors (Lipinski definition) is 1. The van der Waals surface area contributed by atoms with Gasteiger partial charge in [-0.1, -0.05) is 31.2 Å². The largest absolute Gasteiger partial charge is 0.383 e. The minimum atomic E-state index is 0.444. The summed E-state index contributed by atoms with van der Waals surface area (Å²) >= 11 is 0. The highest BCUT2D eigenvalue weighted by Crippen LogP contribution is 2.10. The summed E-state index contributed by atoms with van der Waals surface area (Å²) in [6, 6.07) is 8.96. The summed E-state index contributed by atoms with van der Waals surface area (Å²) in [6.45, 7) is 7.75. The quantitative estimate of drug-likeness (QED) is 0.787. The highest BCUT2D eigenvalue weighted by Gasteiger charge is 2.11. The monoisotopic (exact) mass is 236 g/mol. The number of nitrogens with two attached hydrogens (primary N) is 1. The molecule has 0 saturated heterocycles. The first-order valence-corrected chi connectivity index (χ1v) is 6.22. The Balaban J connectivity index is 2.60. The third-order valence-electron chi connectivity index (χ3n) is 3.08. The Labute approximate surface area is 105 Å². The lowest BCUT2D eigenvalue weighted by Crippen LogP contribution is -2.35. The van der Waals surface area contributed by atoms with Gasteiger partial charge in [-0.3, -0.25) is 4.90 Å².